The van der Waals surface area contributed by atoms with Gasteiger partial charge in [0.05, 0.1) is 6.26 Å². The summed E-state index contributed by atoms with van der Waals surface area (Å²) in [7, 11) is -3.32. The Bertz CT molecular complexity index is 849. The lowest BCUT2D eigenvalue weighted by atomic mass is 10.3. The molecule has 2 aromatic rings. The van der Waals surface area contributed by atoms with Crippen LogP contribution in [0.5, 0.6) is 0 Å². The van der Waals surface area contributed by atoms with E-state index in [-0.39, 0.29) is 6.03 Å². The molecule has 2 N–H and O–H groups in total. The van der Waals surface area contributed by atoms with Crippen molar-refractivity contribution in [2.24, 2.45) is 0 Å². The number of benzene rings is 1. The van der Waals surface area contributed by atoms with Crippen molar-refractivity contribution in [1.29, 1.82) is 0 Å². The predicted octanol–water partition coefficient (Wildman–Crippen LogP) is 1.20. The third kappa shape index (κ3) is 4.82. The molecule has 10 heteroatoms. The zero-order valence-electron chi connectivity index (χ0n) is 14.3. The summed E-state index contributed by atoms with van der Waals surface area (Å²) in [5, 5.41) is 2.82. The molecule has 138 valence electrons. The van der Waals surface area contributed by atoms with E-state index in [1.165, 1.54) is 0 Å². The number of nitrogens with zero attached hydrogens (tertiary/aromatic N) is 4. The minimum Gasteiger partial charge on any atom is -0.337 e. The molecule has 2 amide bonds. The van der Waals surface area contributed by atoms with Gasteiger partial charge in [-0.15, -0.1) is 0 Å². The first-order valence-corrected chi connectivity index (χ1v) is 9.96. The molecule has 1 saturated heterocycles. The maximum atomic E-state index is 12.4. The smallest absolute Gasteiger partial charge is 0.321 e. The highest BCUT2D eigenvalue weighted by Crippen LogP contribution is 2.16. The fraction of sp³-hybridized carbons (Fsp3) is 0.312. The second-order valence-corrected chi connectivity index (χ2v) is 7.65. The number of nitrogens with one attached hydrogen (secondary N) is 2. The molecular formula is C16H20N6O3S. The molecular weight excluding hydrogens is 356 g/mol. The van der Waals surface area contributed by atoms with Gasteiger partial charge in [0.25, 0.3) is 0 Å². The van der Waals surface area contributed by atoms with Gasteiger partial charge in [-0.1, -0.05) is 0 Å². The number of carbonyl (C=O) groups is 1. The van der Waals surface area contributed by atoms with E-state index in [0.717, 1.165) is 6.26 Å². The van der Waals surface area contributed by atoms with Crippen molar-refractivity contribution >= 4 is 33.4 Å². The van der Waals surface area contributed by atoms with Gasteiger partial charge in [-0.2, -0.15) is 0 Å². The van der Waals surface area contributed by atoms with Gasteiger partial charge >= 0.3 is 6.03 Å². The summed E-state index contributed by atoms with van der Waals surface area (Å²) >= 11 is 0. The summed E-state index contributed by atoms with van der Waals surface area (Å²) in [6.07, 6.45) is 4.48. The average Bonchev–Trinajstić information content (AvgIpc) is 2.63. The molecule has 0 saturated carbocycles. The highest BCUT2D eigenvalue weighted by molar-refractivity contribution is 7.92. The maximum Gasteiger partial charge on any atom is 0.321 e. The fourth-order valence-corrected chi connectivity index (χ4v) is 3.17. The average molecular weight is 376 g/mol. The van der Waals surface area contributed by atoms with Crippen LogP contribution in [0.1, 0.15) is 0 Å². The number of piperazine rings is 1. The van der Waals surface area contributed by atoms with Gasteiger partial charge in [-0.3, -0.25) is 4.72 Å². The van der Waals surface area contributed by atoms with Gasteiger partial charge in [0.2, 0.25) is 16.0 Å². The number of anilines is 3. The molecule has 0 radical (unpaired) electrons. The summed E-state index contributed by atoms with van der Waals surface area (Å²) in [6.45, 7) is 2.46. The Hall–Kier alpha value is -2.88. The predicted molar refractivity (Wildman–Crippen MR) is 99.7 cm³/mol. The lowest BCUT2D eigenvalue weighted by Gasteiger charge is -2.34. The number of urea groups is 1. The first-order valence-electron chi connectivity index (χ1n) is 8.06. The molecule has 1 aromatic carbocycles. The topological polar surface area (TPSA) is 108 Å². The molecule has 0 unspecified atom stereocenters. The van der Waals surface area contributed by atoms with Crippen LogP contribution in [0.15, 0.2) is 42.7 Å². The third-order valence-corrected chi connectivity index (χ3v) is 4.45. The molecule has 9 nitrogen and oxygen atoms in total. The number of sulfonamides is 1. The number of amides is 2. The second kappa shape index (κ2) is 7.56. The Morgan fingerprint density at radius 3 is 2.15 bits per heavy atom. The molecule has 0 atom stereocenters. The molecule has 1 aromatic heterocycles. The summed E-state index contributed by atoms with van der Waals surface area (Å²) in [6, 6.07) is 8.08. The quantitative estimate of drug-likeness (QED) is 0.830. The van der Waals surface area contributed by atoms with E-state index in [0.29, 0.717) is 43.5 Å². The Balaban J connectivity index is 1.53. The van der Waals surface area contributed by atoms with Gasteiger partial charge in [0.15, 0.2) is 0 Å². The van der Waals surface area contributed by atoms with Crippen molar-refractivity contribution in [1.82, 2.24) is 14.9 Å². The van der Waals surface area contributed by atoms with Crippen LogP contribution < -0.4 is 14.9 Å². The summed E-state index contributed by atoms with van der Waals surface area (Å²) in [5.41, 5.74) is 1.05. The van der Waals surface area contributed by atoms with E-state index in [1.54, 1.807) is 47.6 Å². The van der Waals surface area contributed by atoms with E-state index >= 15 is 0 Å². The SMILES string of the molecule is CS(=O)(=O)Nc1ccc(NC(=O)N2CCN(c3ncccn3)CC2)cc1. The Labute approximate surface area is 152 Å². The van der Waals surface area contributed by atoms with E-state index in [9.17, 15) is 13.2 Å². The highest BCUT2D eigenvalue weighted by atomic mass is 32.2. The lowest BCUT2D eigenvalue weighted by molar-refractivity contribution is 0.208. The highest BCUT2D eigenvalue weighted by Gasteiger charge is 2.22. The normalized spacial score (nSPS) is 14.8. The van der Waals surface area contributed by atoms with Crippen molar-refractivity contribution in [3.05, 3.63) is 42.7 Å². The third-order valence-electron chi connectivity index (χ3n) is 3.84. The van der Waals surface area contributed by atoms with Crippen LogP contribution >= 0.6 is 0 Å². The summed E-state index contributed by atoms with van der Waals surface area (Å²) in [4.78, 5) is 24.6. The maximum absolute atomic E-state index is 12.4. The standard InChI is InChI=1S/C16H20N6O3S/c1-26(24,25)20-14-5-3-13(4-6-14)19-16(23)22-11-9-21(10-12-22)15-17-7-2-8-18-15/h2-8,20H,9-12H2,1H3,(H,19,23). The van der Waals surface area contributed by atoms with Crippen molar-refractivity contribution < 1.29 is 13.2 Å². The van der Waals surface area contributed by atoms with E-state index < -0.39 is 10.0 Å². The van der Waals surface area contributed by atoms with Crippen LogP contribution in [-0.2, 0) is 10.0 Å². The monoisotopic (exact) mass is 376 g/mol. The van der Waals surface area contributed by atoms with Gasteiger partial charge in [0, 0.05) is 49.9 Å². The number of hydrogen-bond donors (Lipinski definition) is 2. The molecule has 0 spiro atoms. The first kappa shape index (κ1) is 17.9. The minimum atomic E-state index is -3.32. The van der Waals surface area contributed by atoms with E-state index in [2.05, 4.69) is 20.0 Å². The van der Waals surface area contributed by atoms with Crippen LogP contribution in [0.2, 0.25) is 0 Å². The zero-order chi connectivity index (χ0) is 18.6. The molecule has 0 aliphatic carbocycles. The van der Waals surface area contributed by atoms with Crippen LogP contribution in [-0.4, -0.2) is 61.8 Å². The molecule has 2 heterocycles. The van der Waals surface area contributed by atoms with E-state index in [4.69, 9.17) is 0 Å². The number of hydrogen-bond acceptors (Lipinski definition) is 6. The Kier molecular flexibility index (Phi) is 5.21. The van der Waals surface area contributed by atoms with Gasteiger partial charge in [-0.25, -0.2) is 23.2 Å². The van der Waals surface area contributed by atoms with Gasteiger partial charge < -0.3 is 15.1 Å². The van der Waals surface area contributed by atoms with Gasteiger partial charge in [0.1, 0.15) is 0 Å². The minimum absolute atomic E-state index is 0.192. The summed E-state index contributed by atoms with van der Waals surface area (Å²) in [5.74, 6) is 0.668. The molecule has 1 aliphatic heterocycles. The second-order valence-electron chi connectivity index (χ2n) is 5.90. The fourth-order valence-electron chi connectivity index (χ4n) is 2.60. The summed E-state index contributed by atoms with van der Waals surface area (Å²) < 4.78 is 24.8. The van der Waals surface area contributed by atoms with Crippen molar-refractivity contribution in [3.63, 3.8) is 0 Å². The number of aromatic nitrogens is 2. The van der Waals surface area contributed by atoms with Crippen LogP contribution in [0.25, 0.3) is 0 Å². The number of carbonyl (C=O) groups excluding carboxylic acids is 1. The zero-order valence-corrected chi connectivity index (χ0v) is 15.1. The van der Waals surface area contributed by atoms with Crippen LogP contribution in [0.3, 0.4) is 0 Å². The Morgan fingerprint density at radius 1 is 1.00 bits per heavy atom. The van der Waals surface area contributed by atoms with Crippen molar-refractivity contribution in [2.45, 2.75) is 0 Å². The van der Waals surface area contributed by atoms with Crippen molar-refractivity contribution in [2.75, 3.05) is 47.4 Å². The van der Waals surface area contributed by atoms with Crippen LogP contribution in [0, 0.1) is 0 Å². The number of rotatable bonds is 4. The van der Waals surface area contributed by atoms with E-state index in [1.807, 2.05) is 4.90 Å². The molecule has 1 aliphatic rings. The molecule has 3 rings (SSSR count). The largest absolute Gasteiger partial charge is 0.337 e. The Morgan fingerprint density at radius 2 is 1.58 bits per heavy atom. The van der Waals surface area contributed by atoms with Crippen LogP contribution in [0.4, 0.5) is 22.1 Å². The lowest BCUT2D eigenvalue weighted by Crippen LogP contribution is -2.50. The van der Waals surface area contributed by atoms with Crippen molar-refractivity contribution in [3.8, 4) is 0 Å². The molecule has 1 fully saturated rings. The molecule has 26 heavy (non-hydrogen) atoms. The molecule has 0 bridgehead atoms. The van der Waals surface area contributed by atoms with Gasteiger partial charge in [-0.05, 0) is 30.3 Å². The first-order chi connectivity index (χ1) is 12.4.